The zero-order valence-corrected chi connectivity index (χ0v) is 13.5. The number of aromatic nitrogens is 4. The van der Waals surface area contributed by atoms with Crippen LogP contribution < -0.4 is 5.32 Å². The van der Waals surface area contributed by atoms with Gasteiger partial charge in [-0.1, -0.05) is 29.4 Å². The van der Waals surface area contributed by atoms with Gasteiger partial charge in [-0.3, -0.25) is 0 Å². The second-order valence-electron chi connectivity index (χ2n) is 6.17. The Hall–Kier alpha value is -2.60. The molecule has 1 fully saturated rings. The molecule has 1 N–H and O–H groups in total. The van der Waals surface area contributed by atoms with Gasteiger partial charge in [0.2, 0.25) is 5.89 Å². The van der Waals surface area contributed by atoms with Crippen LogP contribution in [-0.2, 0) is 6.54 Å². The second-order valence-corrected chi connectivity index (χ2v) is 6.17. The summed E-state index contributed by atoms with van der Waals surface area (Å²) in [5.41, 5.74) is 3.33. The molecule has 2 aromatic heterocycles. The first-order chi connectivity index (χ1) is 11.8. The van der Waals surface area contributed by atoms with Gasteiger partial charge < -0.3 is 9.84 Å². The standard InChI is InChI=1S/C18H19N5O/c1-12(21-10-17-22-18(23-24-17)15-6-7-15)13-2-4-14(5-3-13)16-8-19-11-20-9-16/h2-5,8-9,11-12,15,21H,6-7,10H2,1H3/t12-/m1/s1. The first-order valence-corrected chi connectivity index (χ1v) is 8.21. The maximum Gasteiger partial charge on any atom is 0.240 e. The third-order valence-electron chi connectivity index (χ3n) is 4.29. The molecule has 1 aliphatic carbocycles. The molecule has 3 aromatic rings. The number of nitrogens with zero attached hydrogens (tertiary/aromatic N) is 4. The summed E-state index contributed by atoms with van der Waals surface area (Å²) in [5, 5.41) is 7.46. The molecule has 1 aliphatic rings. The Labute approximate surface area is 140 Å². The molecule has 0 spiro atoms. The zero-order chi connectivity index (χ0) is 16.4. The van der Waals surface area contributed by atoms with E-state index in [2.05, 4.69) is 56.6 Å². The third-order valence-corrected chi connectivity index (χ3v) is 4.29. The quantitative estimate of drug-likeness (QED) is 0.751. The number of hydrogen-bond acceptors (Lipinski definition) is 6. The van der Waals surface area contributed by atoms with Gasteiger partial charge in [-0.05, 0) is 30.9 Å². The number of nitrogens with one attached hydrogen (secondary N) is 1. The van der Waals surface area contributed by atoms with Gasteiger partial charge >= 0.3 is 0 Å². The Morgan fingerprint density at radius 3 is 2.58 bits per heavy atom. The van der Waals surface area contributed by atoms with Crippen molar-refractivity contribution in [1.82, 2.24) is 25.4 Å². The van der Waals surface area contributed by atoms with Crippen LogP contribution in [0, 0.1) is 0 Å². The van der Waals surface area contributed by atoms with Crippen LogP contribution in [0.2, 0.25) is 0 Å². The lowest BCUT2D eigenvalue weighted by atomic mass is 10.0. The first kappa shape index (κ1) is 15.0. The summed E-state index contributed by atoms with van der Waals surface area (Å²) in [6.07, 6.45) is 7.53. The van der Waals surface area contributed by atoms with Crippen molar-refractivity contribution in [1.29, 1.82) is 0 Å². The van der Waals surface area contributed by atoms with Crippen LogP contribution in [0.15, 0.2) is 47.5 Å². The average molecular weight is 321 g/mol. The lowest BCUT2D eigenvalue weighted by Gasteiger charge is -2.13. The molecule has 0 bridgehead atoms. The number of rotatable bonds is 6. The molecular formula is C18H19N5O. The Morgan fingerprint density at radius 1 is 1.12 bits per heavy atom. The fraction of sp³-hybridized carbons (Fsp3) is 0.333. The smallest absolute Gasteiger partial charge is 0.240 e. The van der Waals surface area contributed by atoms with E-state index in [9.17, 15) is 0 Å². The Kier molecular flexibility index (Phi) is 4.04. The van der Waals surface area contributed by atoms with Crippen LogP contribution in [0.4, 0.5) is 0 Å². The summed E-state index contributed by atoms with van der Waals surface area (Å²) in [6.45, 7) is 2.70. The molecule has 0 saturated heterocycles. The molecule has 0 radical (unpaired) electrons. The molecule has 1 saturated carbocycles. The lowest BCUT2D eigenvalue weighted by molar-refractivity contribution is 0.356. The van der Waals surface area contributed by atoms with Crippen molar-refractivity contribution in [2.45, 2.75) is 38.3 Å². The van der Waals surface area contributed by atoms with Crippen molar-refractivity contribution >= 4 is 0 Å². The molecule has 0 amide bonds. The molecule has 24 heavy (non-hydrogen) atoms. The molecular weight excluding hydrogens is 302 g/mol. The van der Waals surface area contributed by atoms with Crippen molar-refractivity contribution in [3.8, 4) is 11.1 Å². The van der Waals surface area contributed by atoms with E-state index in [1.165, 1.54) is 24.7 Å². The minimum absolute atomic E-state index is 0.197. The fourth-order valence-corrected chi connectivity index (χ4v) is 2.62. The highest BCUT2D eigenvalue weighted by Gasteiger charge is 2.28. The van der Waals surface area contributed by atoms with Gasteiger partial charge in [-0.2, -0.15) is 4.98 Å². The van der Waals surface area contributed by atoms with E-state index in [-0.39, 0.29) is 6.04 Å². The van der Waals surface area contributed by atoms with E-state index in [1.807, 2.05) is 12.4 Å². The van der Waals surface area contributed by atoms with Crippen LogP contribution in [0.3, 0.4) is 0 Å². The number of hydrogen-bond donors (Lipinski definition) is 1. The Morgan fingerprint density at radius 2 is 1.88 bits per heavy atom. The second kappa shape index (κ2) is 6.49. The van der Waals surface area contributed by atoms with Crippen molar-refractivity contribution in [2.24, 2.45) is 0 Å². The van der Waals surface area contributed by atoms with E-state index in [0.717, 1.165) is 17.0 Å². The predicted octanol–water partition coefficient (Wildman–Crippen LogP) is 3.25. The molecule has 0 aliphatic heterocycles. The molecule has 6 heteroatoms. The number of benzene rings is 1. The minimum atomic E-state index is 0.197. The highest BCUT2D eigenvalue weighted by atomic mass is 16.5. The van der Waals surface area contributed by atoms with Gasteiger partial charge in [0.15, 0.2) is 5.82 Å². The predicted molar refractivity (Wildman–Crippen MR) is 89.0 cm³/mol. The molecule has 4 rings (SSSR count). The molecule has 2 heterocycles. The van der Waals surface area contributed by atoms with Crippen molar-refractivity contribution < 1.29 is 4.52 Å². The van der Waals surface area contributed by atoms with E-state index < -0.39 is 0 Å². The van der Waals surface area contributed by atoms with Gasteiger partial charge in [0.05, 0.1) is 6.54 Å². The van der Waals surface area contributed by atoms with Crippen LogP contribution in [0.5, 0.6) is 0 Å². The molecule has 1 atom stereocenters. The zero-order valence-electron chi connectivity index (χ0n) is 13.5. The summed E-state index contributed by atoms with van der Waals surface area (Å²) in [7, 11) is 0. The summed E-state index contributed by atoms with van der Waals surface area (Å²) < 4.78 is 5.29. The summed E-state index contributed by atoms with van der Waals surface area (Å²) in [4.78, 5) is 12.5. The largest absolute Gasteiger partial charge is 0.338 e. The van der Waals surface area contributed by atoms with Gasteiger partial charge in [0.1, 0.15) is 6.33 Å². The molecule has 0 unspecified atom stereocenters. The third kappa shape index (κ3) is 3.33. The summed E-state index contributed by atoms with van der Waals surface area (Å²) >= 11 is 0. The van der Waals surface area contributed by atoms with Gasteiger partial charge in [-0.15, -0.1) is 0 Å². The van der Waals surface area contributed by atoms with Crippen LogP contribution >= 0.6 is 0 Å². The minimum Gasteiger partial charge on any atom is -0.338 e. The average Bonchev–Trinajstić information content (AvgIpc) is 3.39. The summed E-state index contributed by atoms with van der Waals surface area (Å²) in [5.74, 6) is 2.03. The van der Waals surface area contributed by atoms with Crippen molar-refractivity contribution in [3.63, 3.8) is 0 Å². The van der Waals surface area contributed by atoms with E-state index in [1.54, 1.807) is 0 Å². The Bertz CT molecular complexity index is 796. The van der Waals surface area contributed by atoms with Crippen molar-refractivity contribution in [3.05, 3.63) is 60.3 Å². The highest BCUT2D eigenvalue weighted by molar-refractivity contribution is 5.61. The van der Waals surface area contributed by atoms with Gasteiger partial charge in [0, 0.05) is 29.9 Å². The van der Waals surface area contributed by atoms with E-state index in [4.69, 9.17) is 4.52 Å². The maximum absolute atomic E-state index is 5.29. The van der Waals surface area contributed by atoms with Crippen LogP contribution in [0.1, 0.15) is 49.0 Å². The lowest BCUT2D eigenvalue weighted by Crippen LogP contribution is -2.18. The van der Waals surface area contributed by atoms with Crippen molar-refractivity contribution in [2.75, 3.05) is 0 Å². The topological polar surface area (TPSA) is 76.7 Å². The molecule has 1 aromatic carbocycles. The van der Waals surface area contributed by atoms with Gasteiger partial charge in [0.25, 0.3) is 0 Å². The maximum atomic E-state index is 5.29. The fourth-order valence-electron chi connectivity index (χ4n) is 2.62. The SMILES string of the molecule is C[C@@H](NCc1nc(C2CC2)no1)c1ccc(-c2cncnc2)cc1. The normalized spacial score (nSPS) is 15.4. The van der Waals surface area contributed by atoms with Crippen LogP contribution in [0.25, 0.3) is 11.1 Å². The van der Waals surface area contributed by atoms with E-state index in [0.29, 0.717) is 18.4 Å². The first-order valence-electron chi connectivity index (χ1n) is 8.21. The summed E-state index contributed by atoms with van der Waals surface area (Å²) in [6, 6.07) is 8.60. The molecule has 6 nitrogen and oxygen atoms in total. The monoisotopic (exact) mass is 321 g/mol. The van der Waals surface area contributed by atoms with Gasteiger partial charge in [-0.25, -0.2) is 9.97 Å². The van der Waals surface area contributed by atoms with Crippen LogP contribution in [-0.4, -0.2) is 20.1 Å². The highest BCUT2D eigenvalue weighted by Crippen LogP contribution is 2.38. The Balaban J connectivity index is 1.37. The van der Waals surface area contributed by atoms with E-state index >= 15 is 0 Å². The molecule has 122 valence electrons.